The van der Waals surface area contributed by atoms with E-state index in [-0.39, 0.29) is 0 Å². The number of halogens is 4. The molecule has 1 aliphatic rings. The van der Waals surface area contributed by atoms with Crippen LogP contribution in [0.25, 0.3) is 0 Å². The molecule has 28 heavy (non-hydrogen) atoms. The third-order valence-corrected chi connectivity index (χ3v) is 9.30. The minimum Gasteiger partial charge on any atom is -0.305 e. The van der Waals surface area contributed by atoms with Gasteiger partial charge in [0.25, 0.3) is 0 Å². The van der Waals surface area contributed by atoms with E-state index in [0.29, 0.717) is 0 Å². The lowest BCUT2D eigenvalue weighted by Crippen LogP contribution is -2.73. The van der Waals surface area contributed by atoms with Crippen molar-refractivity contribution in [3.8, 4) is 0 Å². The van der Waals surface area contributed by atoms with Gasteiger partial charge in [-0.3, -0.25) is 9.13 Å². The second-order valence-electron chi connectivity index (χ2n) is 7.83. The van der Waals surface area contributed by atoms with Crippen molar-refractivity contribution in [3.05, 3.63) is 0 Å². The third-order valence-electron chi connectivity index (χ3n) is 3.60. The molecule has 0 aliphatic heterocycles. The molecule has 1 saturated carbocycles. The molecular formula is C16H30F4O6P2. The predicted octanol–water partition coefficient (Wildman–Crippen LogP) is 6.09. The number of hydrogen-bond acceptors (Lipinski definition) is 6. The van der Waals surface area contributed by atoms with Gasteiger partial charge in [0.15, 0.2) is 11.3 Å². The van der Waals surface area contributed by atoms with E-state index in [0.717, 1.165) is 0 Å². The van der Waals surface area contributed by atoms with E-state index in [1.807, 2.05) is 0 Å². The fraction of sp³-hybridized carbons (Fsp3) is 1.00. The topological polar surface area (TPSA) is 71.1 Å². The Morgan fingerprint density at radius 3 is 0.893 bits per heavy atom. The maximum atomic E-state index is 14.5. The van der Waals surface area contributed by atoms with Gasteiger partial charge in [0, 0.05) is 0 Å². The Balaban J connectivity index is 3.59. The first-order valence-corrected chi connectivity index (χ1v) is 12.3. The van der Waals surface area contributed by atoms with Crippen molar-refractivity contribution in [3.63, 3.8) is 0 Å². The van der Waals surface area contributed by atoms with Crippen molar-refractivity contribution in [1.82, 2.24) is 0 Å². The molecule has 0 spiro atoms. The van der Waals surface area contributed by atoms with Gasteiger partial charge in [0.2, 0.25) is 0 Å². The van der Waals surface area contributed by atoms with Crippen LogP contribution in [-0.2, 0) is 27.2 Å². The lowest BCUT2D eigenvalue weighted by Gasteiger charge is -2.53. The number of rotatable bonds is 10. The van der Waals surface area contributed by atoms with Crippen LogP contribution < -0.4 is 0 Å². The normalized spacial score (nSPS) is 25.0. The van der Waals surface area contributed by atoms with Crippen LogP contribution >= 0.6 is 15.2 Å². The molecule has 0 aromatic carbocycles. The van der Waals surface area contributed by atoms with Gasteiger partial charge in [-0.25, -0.2) is 0 Å². The van der Waals surface area contributed by atoms with Gasteiger partial charge in [-0.05, 0) is 55.4 Å². The van der Waals surface area contributed by atoms with E-state index < -0.39 is 62.8 Å². The van der Waals surface area contributed by atoms with E-state index in [9.17, 15) is 26.7 Å². The Hall–Kier alpha value is 0.0200. The Morgan fingerprint density at radius 2 is 0.750 bits per heavy atom. The molecule has 1 aliphatic carbocycles. The van der Waals surface area contributed by atoms with E-state index in [1.54, 1.807) is 0 Å². The Labute approximate surface area is 163 Å². The largest absolute Gasteiger partial charge is 0.341 e. The van der Waals surface area contributed by atoms with Crippen molar-refractivity contribution in [2.24, 2.45) is 0 Å². The summed E-state index contributed by atoms with van der Waals surface area (Å²) in [5, 5.41) is 0. The summed E-state index contributed by atoms with van der Waals surface area (Å²) < 4.78 is 105. The average Bonchev–Trinajstić information content (AvgIpc) is 2.39. The summed E-state index contributed by atoms with van der Waals surface area (Å²) in [6.45, 7) is 11.2. The zero-order valence-corrected chi connectivity index (χ0v) is 19.1. The molecule has 6 nitrogen and oxygen atoms in total. The van der Waals surface area contributed by atoms with Crippen LogP contribution in [0.15, 0.2) is 0 Å². The van der Waals surface area contributed by atoms with Gasteiger partial charge in [-0.1, -0.05) is 0 Å². The van der Waals surface area contributed by atoms with Crippen molar-refractivity contribution in [2.45, 2.75) is 103 Å². The predicted molar refractivity (Wildman–Crippen MR) is 97.6 cm³/mol. The molecule has 0 radical (unpaired) electrons. The SMILES string of the molecule is CC(C)OP(=O)(OC(C)C)[C@@H]1[C@@H](P(=O)(OC(C)C)OC(C)C)C(F)(F)C1(F)F. The minimum absolute atomic E-state index is 0.869. The van der Waals surface area contributed by atoms with Gasteiger partial charge in [-0.2, -0.15) is 17.6 Å². The third kappa shape index (κ3) is 5.01. The second kappa shape index (κ2) is 8.64. The summed E-state index contributed by atoms with van der Waals surface area (Å²) in [7, 11) is -9.68. The highest BCUT2D eigenvalue weighted by Gasteiger charge is 2.88. The van der Waals surface area contributed by atoms with Gasteiger partial charge >= 0.3 is 27.0 Å². The van der Waals surface area contributed by atoms with Crippen molar-refractivity contribution in [2.75, 3.05) is 0 Å². The summed E-state index contributed by atoms with van der Waals surface area (Å²) in [5.41, 5.74) is -5.36. The average molecular weight is 456 g/mol. The first-order chi connectivity index (χ1) is 12.4. The maximum Gasteiger partial charge on any atom is 0.341 e. The monoisotopic (exact) mass is 456 g/mol. The van der Waals surface area contributed by atoms with Crippen molar-refractivity contribution >= 4 is 15.2 Å². The molecule has 1 fully saturated rings. The fourth-order valence-electron chi connectivity index (χ4n) is 2.93. The fourth-order valence-corrected chi connectivity index (χ4v) is 9.08. The number of hydrogen-bond donors (Lipinski definition) is 0. The van der Waals surface area contributed by atoms with Crippen LogP contribution in [0, 0.1) is 0 Å². The van der Waals surface area contributed by atoms with Crippen LogP contribution in [0.1, 0.15) is 55.4 Å². The summed E-state index contributed by atoms with van der Waals surface area (Å²) in [4.78, 5) is 0. The van der Waals surface area contributed by atoms with E-state index >= 15 is 0 Å². The molecule has 168 valence electrons. The smallest absolute Gasteiger partial charge is 0.305 e. The van der Waals surface area contributed by atoms with Crippen LogP contribution in [0.4, 0.5) is 17.6 Å². The minimum atomic E-state index is -4.84. The summed E-state index contributed by atoms with van der Waals surface area (Å²) in [5.74, 6) is -9.57. The Morgan fingerprint density at radius 1 is 0.571 bits per heavy atom. The first kappa shape index (κ1) is 26.1. The molecule has 0 aromatic rings. The highest BCUT2D eigenvalue weighted by atomic mass is 31.2. The molecule has 0 saturated heterocycles. The molecule has 0 aromatic heterocycles. The standard InChI is InChI=1S/C16H30F4O6P2/c1-9(2)23-27(21,24-10(3)4)13-14(16(19,20)15(13,17)18)28(22,25-11(5)6)26-12(7)8/h9-14H,1-8H3/t13-,14-/m1/s1. The van der Waals surface area contributed by atoms with Gasteiger partial charge < -0.3 is 18.1 Å². The van der Waals surface area contributed by atoms with Crippen molar-refractivity contribution < 1.29 is 44.8 Å². The zero-order valence-electron chi connectivity index (χ0n) is 17.3. The van der Waals surface area contributed by atoms with Crippen LogP contribution in [0.2, 0.25) is 0 Å². The Kier molecular flexibility index (Phi) is 8.04. The zero-order chi connectivity index (χ0) is 22.3. The summed E-state index contributed by atoms with van der Waals surface area (Å²) >= 11 is 0. The lowest BCUT2D eigenvalue weighted by molar-refractivity contribution is -0.274. The highest BCUT2D eigenvalue weighted by molar-refractivity contribution is 7.59. The summed E-state index contributed by atoms with van der Waals surface area (Å²) in [6.07, 6.45) is -3.48. The second-order valence-corrected chi connectivity index (χ2v) is 11.9. The van der Waals surface area contributed by atoms with E-state index in [4.69, 9.17) is 18.1 Å². The van der Waals surface area contributed by atoms with E-state index in [1.165, 1.54) is 55.4 Å². The molecule has 0 unspecified atom stereocenters. The Bertz CT molecular complexity index is 557. The quantitative estimate of drug-likeness (QED) is 0.293. The highest BCUT2D eigenvalue weighted by Crippen LogP contribution is 2.79. The molecule has 2 atom stereocenters. The summed E-state index contributed by atoms with van der Waals surface area (Å²) in [6, 6.07) is 0. The van der Waals surface area contributed by atoms with Crippen LogP contribution in [0.3, 0.4) is 0 Å². The molecule has 0 heterocycles. The number of alkyl halides is 4. The van der Waals surface area contributed by atoms with Crippen LogP contribution in [-0.4, -0.2) is 47.6 Å². The van der Waals surface area contributed by atoms with Gasteiger partial charge in [0.05, 0.1) is 24.4 Å². The molecule has 12 heteroatoms. The molecule has 0 amide bonds. The molecular weight excluding hydrogens is 426 g/mol. The lowest BCUT2D eigenvalue weighted by atomic mass is 9.87. The van der Waals surface area contributed by atoms with Gasteiger partial charge in [-0.15, -0.1) is 0 Å². The molecule has 0 N–H and O–H groups in total. The van der Waals surface area contributed by atoms with Crippen LogP contribution in [0.5, 0.6) is 0 Å². The van der Waals surface area contributed by atoms with E-state index in [2.05, 4.69) is 0 Å². The maximum absolute atomic E-state index is 14.5. The van der Waals surface area contributed by atoms with Gasteiger partial charge in [0.1, 0.15) is 0 Å². The first-order valence-electron chi connectivity index (χ1n) is 9.09. The van der Waals surface area contributed by atoms with Crippen molar-refractivity contribution in [1.29, 1.82) is 0 Å². The molecule has 1 rings (SSSR count). The molecule has 0 bridgehead atoms.